The van der Waals surface area contributed by atoms with E-state index in [0.29, 0.717) is 12.0 Å². The first kappa shape index (κ1) is 13.6. The summed E-state index contributed by atoms with van der Waals surface area (Å²) in [4.78, 5) is 12.3. The predicted molar refractivity (Wildman–Crippen MR) is 81.4 cm³/mol. The summed E-state index contributed by atoms with van der Waals surface area (Å²) >= 11 is 0. The van der Waals surface area contributed by atoms with Crippen molar-refractivity contribution in [1.82, 2.24) is 5.32 Å². The molecule has 2 atom stereocenters. The van der Waals surface area contributed by atoms with Gasteiger partial charge in [0, 0.05) is 24.2 Å². The van der Waals surface area contributed by atoms with E-state index in [1.807, 2.05) is 12.1 Å². The molecule has 2 unspecified atom stereocenters. The molecule has 1 aromatic rings. The molecule has 2 fully saturated rings. The van der Waals surface area contributed by atoms with Crippen LogP contribution in [-0.2, 0) is 11.3 Å². The van der Waals surface area contributed by atoms with Gasteiger partial charge in [-0.25, -0.2) is 0 Å². The first-order chi connectivity index (χ1) is 9.72. The van der Waals surface area contributed by atoms with Gasteiger partial charge < -0.3 is 10.6 Å². The number of hydrogen-bond acceptors (Lipinski definition) is 2. The lowest BCUT2D eigenvalue weighted by Crippen LogP contribution is -2.24. The number of hydrogen-bond donors (Lipinski definition) is 2. The summed E-state index contributed by atoms with van der Waals surface area (Å²) in [6, 6.07) is 8.93. The molecule has 0 radical (unpaired) electrons. The van der Waals surface area contributed by atoms with Gasteiger partial charge in [-0.2, -0.15) is 0 Å². The topological polar surface area (TPSA) is 41.1 Å². The molecule has 2 N–H and O–H groups in total. The summed E-state index contributed by atoms with van der Waals surface area (Å²) in [5.74, 6) is 0.917. The first-order valence-electron chi connectivity index (χ1n) is 7.85. The normalized spacial score (nSPS) is 25.6. The van der Waals surface area contributed by atoms with Crippen LogP contribution in [0, 0.1) is 11.8 Å². The number of rotatable bonds is 5. The Morgan fingerprint density at radius 3 is 2.80 bits per heavy atom. The van der Waals surface area contributed by atoms with Crippen molar-refractivity contribution in [3.63, 3.8) is 0 Å². The van der Waals surface area contributed by atoms with Gasteiger partial charge in [0.2, 0.25) is 5.91 Å². The molecule has 3 rings (SSSR count). The molecule has 0 saturated heterocycles. The molecule has 2 saturated carbocycles. The lowest BCUT2D eigenvalue weighted by Gasteiger charge is -2.15. The summed E-state index contributed by atoms with van der Waals surface area (Å²) in [5.41, 5.74) is 2.18. The third-order valence-corrected chi connectivity index (χ3v) is 4.56. The maximum atomic E-state index is 12.3. The van der Waals surface area contributed by atoms with Crippen LogP contribution in [0.4, 0.5) is 5.69 Å². The van der Waals surface area contributed by atoms with Crippen LogP contribution >= 0.6 is 0 Å². The number of carbonyl (C=O) groups is 1. The van der Waals surface area contributed by atoms with Crippen LogP contribution in [0.2, 0.25) is 0 Å². The molecule has 108 valence electrons. The zero-order valence-corrected chi connectivity index (χ0v) is 12.2. The quantitative estimate of drug-likeness (QED) is 0.863. The fourth-order valence-corrected chi connectivity index (χ4v) is 3.08. The van der Waals surface area contributed by atoms with Crippen molar-refractivity contribution in [3.05, 3.63) is 29.8 Å². The summed E-state index contributed by atoms with van der Waals surface area (Å²) in [7, 11) is 0. The molecular weight excluding hydrogens is 248 g/mol. The largest absolute Gasteiger partial charge is 0.326 e. The summed E-state index contributed by atoms with van der Waals surface area (Å²) in [6.45, 7) is 3.08. The van der Waals surface area contributed by atoms with Crippen molar-refractivity contribution in [1.29, 1.82) is 0 Å². The monoisotopic (exact) mass is 272 g/mol. The Bertz CT molecular complexity index is 482. The highest BCUT2D eigenvalue weighted by atomic mass is 16.1. The number of anilines is 1. The van der Waals surface area contributed by atoms with Crippen LogP contribution in [-0.4, -0.2) is 11.9 Å². The smallest absolute Gasteiger partial charge is 0.227 e. The molecule has 2 aliphatic carbocycles. The Labute approximate surface area is 121 Å². The van der Waals surface area contributed by atoms with E-state index in [1.165, 1.54) is 31.2 Å². The Kier molecular flexibility index (Phi) is 4.06. The molecule has 0 bridgehead atoms. The molecular formula is C17H24N2O. The van der Waals surface area contributed by atoms with Gasteiger partial charge in [-0.3, -0.25) is 4.79 Å². The number of nitrogens with one attached hydrogen (secondary N) is 2. The van der Waals surface area contributed by atoms with Crippen molar-refractivity contribution >= 4 is 11.6 Å². The minimum absolute atomic E-state index is 0.197. The van der Waals surface area contributed by atoms with Gasteiger partial charge in [-0.1, -0.05) is 25.5 Å². The average molecular weight is 272 g/mol. The van der Waals surface area contributed by atoms with Gasteiger partial charge in [0.1, 0.15) is 0 Å². The van der Waals surface area contributed by atoms with Crippen molar-refractivity contribution in [2.24, 2.45) is 11.8 Å². The van der Waals surface area contributed by atoms with Gasteiger partial charge in [-0.05, 0) is 49.3 Å². The third kappa shape index (κ3) is 3.40. The maximum Gasteiger partial charge on any atom is 0.227 e. The van der Waals surface area contributed by atoms with Crippen LogP contribution < -0.4 is 10.6 Å². The lowest BCUT2D eigenvalue weighted by molar-refractivity contribution is -0.120. The average Bonchev–Trinajstić information content (AvgIpc) is 3.17. The fraction of sp³-hybridized carbons (Fsp3) is 0.588. The lowest BCUT2D eigenvalue weighted by atomic mass is 9.97. The second kappa shape index (κ2) is 5.96. The summed E-state index contributed by atoms with van der Waals surface area (Å²) in [5, 5.41) is 6.59. The molecule has 0 heterocycles. The van der Waals surface area contributed by atoms with Gasteiger partial charge in [0.05, 0.1) is 0 Å². The molecule has 0 spiro atoms. The van der Waals surface area contributed by atoms with E-state index in [9.17, 15) is 4.79 Å². The minimum Gasteiger partial charge on any atom is -0.326 e. The highest BCUT2D eigenvalue weighted by molar-refractivity contribution is 5.92. The van der Waals surface area contributed by atoms with Gasteiger partial charge in [-0.15, -0.1) is 0 Å². The number of carbonyl (C=O) groups excluding carboxylic acids is 1. The zero-order valence-electron chi connectivity index (χ0n) is 12.2. The zero-order chi connectivity index (χ0) is 13.9. The second-order valence-corrected chi connectivity index (χ2v) is 6.36. The third-order valence-electron chi connectivity index (χ3n) is 4.56. The SMILES string of the molecule is CC1CCCC1C(=O)Nc1cccc(CNC2CC2)c1. The highest BCUT2D eigenvalue weighted by Gasteiger charge is 2.29. The standard InChI is InChI=1S/C17H24N2O/c1-12-4-2-7-16(12)17(20)19-15-6-3-5-13(10-15)11-18-14-8-9-14/h3,5-6,10,12,14,16,18H,2,4,7-9,11H2,1H3,(H,19,20). The van der Waals surface area contributed by atoms with Crippen molar-refractivity contribution in [2.75, 3.05) is 5.32 Å². The van der Waals surface area contributed by atoms with Crippen molar-refractivity contribution in [2.45, 2.75) is 51.6 Å². The van der Waals surface area contributed by atoms with E-state index in [1.54, 1.807) is 0 Å². The highest BCUT2D eigenvalue weighted by Crippen LogP contribution is 2.32. The Balaban J connectivity index is 1.58. The Hall–Kier alpha value is -1.35. The van der Waals surface area contributed by atoms with Crippen molar-refractivity contribution < 1.29 is 4.79 Å². The number of amides is 1. The summed E-state index contributed by atoms with van der Waals surface area (Å²) < 4.78 is 0. The molecule has 0 aromatic heterocycles. The van der Waals surface area contributed by atoms with E-state index >= 15 is 0 Å². The Morgan fingerprint density at radius 1 is 1.25 bits per heavy atom. The van der Waals surface area contributed by atoms with Crippen molar-refractivity contribution in [3.8, 4) is 0 Å². The minimum atomic E-state index is 0.197. The molecule has 1 amide bonds. The summed E-state index contributed by atoms with van der Waals surface area (Å²) in [6.07, 6.45) is 6.01. The Morgan fingerprint density at radius 2 is 2.10 bits per heavy atom. The molecule has 2 aliphatic rings. The molecule has 0 aliphatic heterocycles. The van der Waals surface area contributed by atoms with E-state index in [4.69, 9.17) is 0 Å². The fourth-order valence-electron chi connectivity index (χ4n) is 3.08. The van der Waals surface area contributed by atoms with Crippen LogP contribution in [0.5, 0.6) is 0 Å². The van der Waals surface area contributed by atoms with Crippen LogP contribution in [0.25, 0.3) is 0 Å². The number of benzene rings is 1. The van der Waals surface area contributed by atoms with E-state index in [-0.39, 0.29) is 11.8 Å². The van der Waals surface area contributed by atoms with Gasteiger partial charge in [0.25, 0.3) is 0 Å². The van der Waals surface area contributed by atoms with E-state index in [0.717, 1.165) is 18.7 Å². The maximum absolute atomic E-state index is 12.3. The van der Waals surface area contributed by atoms with Gasteiger partial charge in [0.15, 0.2) is 0 Å². The van der Waals surface area contributed by atoms with Gasteiger partial charge >= 0.3 is 0 Å². The van der Waals surface area contributed by atoms with E-state index < -0.39 is 0 Å². The van der Waals surface area contributed by atoms with Crippen LogP contribution in [0.1, 0.15) is 44.6 Å². The van der Waals surface area contributed by atoms with E-state index in [2.05, 4.69) is 29.7 Å². The molecule has 3 heteroatoms. The molecule has 1 aromatic carbocycles. The van der Waals surface area contributed by atoms with Crippen LogP contribution in [0.3, 0.4) is 0 Å². The molecule has 20 heavy (non-hydrogen) atoms. The molecule has 3 nitrogen and oxygen atoms in total. The predicted octanol–water partition coefficient (Wildman–Crippen LogP) is 3.31. The first-order valence-corrected chi connectivity index (χ1v) is 7.85. The van der Waals surface area contributed by atoms with Crippen LogP contribution in [0.15, 0.2) is 24.3 Å². The second-order valence-electron chi connectivity index (χ2n) is 6.36.